The molecular formula is C52H81N3O16P2. The lowest BCUT2D eigenvalue weighted by molar-refractivity contribution is -0.161. The lowest BCUT2D eigenvalue weighted by atomic mass is 10.1. The van der Waals surface area contributed by atoms with E-state index in [1.54, 1.807) is 12.2 Å². The number of phosphoric ester groups is 2. The summed E-state index contributed by atoms with van der Waals surface area (Å²) in [5.41, 5.74) is 4.57. The number of nitrogen functional groups attached to an aromatic ring is 1. The van der Waals surface area contributed by atoms with Crippen molar-refractivity contribution in [2.75, 3.05) is 25.6 Å². The number of phosphoric acid groups is 2. The number of unbranched alkanes of at least 4 members (excludes halogenated alkanes) is 10. The minimum absolute atomic E-state index is 0.0616. The Kier molecular flexibility index (Phi) is 34.7. The highest BCUT2D eigenvalue weighted by atomic mass is 31.3. The van der Waals surface area contributed by atoms with Crippen molar-refractivity contribution in [3.63, 3.8) is 0 Å². The van der Waals surface area contributed by atoms with Crippen molar-refractivity contribution in [2.45, 2.75) is 179 Å². The Hall–Kier alpha value is -4.39. The Labute approximate surface area is 431 Å². The number of hydrogen-bond acceptors (Lipinski definition) is 16. The molecule has 2 heterocycles. The van der Waals surface area contributed by atoms with E-state index in [1.807, 2.05) is 36.5 Å². The first-order chi connectivity index (χ1) is 35.1. The molecule has 6 N–H and O–H groups in total. The Morgan fingerprint density at radius 3 is 1.89 bits per heavy atom. The van der Waals surface area contributed by atoms with E-state index in [9.17, 15) is 48.3 Å². The van der Waals surface area contributed by atoms with Gasteiger partial charge in [-0.05, 0) is 89.2 Å². The number of carbonyl (C=O) groups is 3. The Morgan fingerprint density at radius 2 is 1.25 bits per heavy atom. The number of aromatic nitrogens is 2. The monoisotopic (exact) mass is 1070 g/mol. The summed E-state index contributed by atoms with van der Waals surface area (Å²) in [6.07, 6.45) is 37.9. The molecule has 1 aromatic heterocycles. The quantitative estimate of drug-likeness (QED) is 0.0102. The summed E-state index contributed by atoms with van der Waals surface area (Å²) in [4.78, 5) is 73.7. The van der Waals surface area contributed by atoms with Gasteiger partial charge in [-0.25, -0.2) is 13.9 Å². The van der Waals surface area contributed by atoms with E-state index in [2.05, 4.69) is 59.6 Å². The van der Waals surface area contributed by atoms with Gasteiger partial charge in [0, 0.05) is 25.5 Å². The zero-order valence-corrected chi connectivity index (χ0v) is 44.4. The third-order valence-corrected chi connectivity index (χ3v) is 13.5. The molecule has 73 heavy (non-hydrogen) atoms. The van der Waals surface area contributed by atoms with Gasteiger partial charge in [-0.1, -0.05) is 131 Å². The van der Waals surface area contributed by atoms with Gasteiger partial charge in [-0.15, -0.1) is 0 Å². The number of allylic oxidation sites excluding steroid dienone is 14. The van der Waals surface area contributed by atoms with Crippen LogP contribution >= 0.6 is 15.6 Å². The van der Waals surface area contributed by atoms with Crippen LogP contribution in [0.2, 0.25) is 0 Å². The van der Waals surface area contributed by atoms with Gasteiger partial charge >= 0.3 is 33.3 Å². The van der Waals surface area contributed by atoms with E-state index in [0.29, 0.717) is 38.5 Å². The maximum Gasteiger partial charge on any atom is 0.481 e. The molecule has 0 amide bonds. The van der Waals surface area contributed by atoms with Gasteiger partial charge in [-0.2, -0.15) is 9.29 Å². The molecule has 7 atom stereocenters. The highest BCUT2D eigenvalue weighted by molar-refractivity contribution is 7.61. The number of hydrogen-bond donors (Lipinski definition) is 5. The van der Waals surface area contributed by atoms with Crippen LogP contribution < -0.4 is 11.4 Å². The molecule has 2 rings (SSSR count). The molecule has 410 valence electrons. The second kappa shape index (κ2) is 39.1. The second-order valence-electron chi connectivity index (χ2n) is 17.3. The fraction of sp³-hybridized carbons (Fsp3) is 0.596. The van der Waals surface area contributed by atoms with Crippen molar-refractivity contribution < 1.29 is 71.1 Å². The largest absolute Gasteiger partial charge is 0.481 e. The highest BCUT2D eigenvalue weighted by Gasteiger charge is 2.46. The van der Waals surface area contributed by atoms with Gasteiger partial charge in [0.05, 0.1) is 13.2 Å². The Bertz CT molecular complexity index is 2120. The molecule has 1 aliphatic rings. The number of nitrogens with two attached hydrogens (primary N) is 1. The van der Waals surface area contributed by atoms with Gasteiger partial charge in [-0.3, -0.25) is 28.0 Å². The highest BCUT2D eigenvalue weighted by Crippen LogP contribution is 2.60. The normalized spacial score (nSPS) is 19.6. The number of ketones is 1. The van der Waals surface area contributed by atoms with Crippen LogP contribution in [0.15, 0.2) is 102 Å². The topological polar surface area (TPSA) is 283 Å². The zero-order chi connectivity index (χ0) is 53.6. The van der Waals surface area contributed by atoms with E-state index in [0.717, 1.165) is 75.0 Å². The molecule has 1 aromatic rings. The van der Waals surface area contributed by atoms with Crippen molar-refractivity contribution in [1.82, 2.24) is 9.55 Å². The molecule has 21 heteroatoms. The number of aliphatic hydroxyl groups excluding tert-OH is 2. The van der Waals surface area contributed by atoms with E-state index >= 15 is 0 Å². The Morgan fingerprint density at radius 1 is 0.699 bits per heavy atom. The van der Waals surface area contributed by atoms with Crippen LogP contribution in [0.1, 0.15) is 155 Å². The van der Waals surface area contributed by atoms with Crippen LogP contribution in [-0.4, -0.2) is 91.5 Å². The average Bonchev–Trinajstić information content (AvgIpc) is 3.62. The number of carbonyl (C=O) groups excluding carboxylic acids is 3. The molecule has 0 bridgehead atoms. The molecule has 1 saturated heterocycles. The number of anilines is 1. The molecule has 2 unspecified atom stereocenters. The van der Waals surface area contributed by atoms with Crippen molar-refractivity contribution in [1.29, 1.82) is 0 Å². The van der Waals surface area contributed by atoms with Crippen LogP contribution in [-0.2, 0) is 51.1 Å². The minimum atomic E-state index is -5.46. The molecule has 19 nitrogen and oxygen atoms in total. The lowest BCUT2D eigenvalue weighted by Crippen LogP contribution is -2.36. The molecule has 0 spiro atoms. The van der Waals surface area contributed by atoms with Crippen molar-refractivity contribution in [3.05, 3.63) is 108 Å². The van der Waals surface area contributed by atoms with Gasteiger partial charge in [0.25, 0.3) is 0 Å². The van der Waals surface area contributed by atoms with Gasteiger partial charge in [0.2, 0.25) is 0 Å². The third kappa shape index (κ3) is 31.8. The third-order valence-electron chi connectivity index (χ3n) is 10.9. The summed E-state index contributed by atoms with van der Waals surface area (Å²) >= 11 is 0. The maximum absolute atomic E-state index is 12.8. The van der Waals surface area contributed by atoms with Gasteiger partial charge < -0.3 is 39.9 Å². The number of rotatable bonds is 41. The summed E-state index contributed by atoms with van der Waals surface area (Å²) < 4.78 is 56.6. The molecule has 0 aromatic carbocycles. The second-order valence-corrected chi connectivity index (χ2v) is 20.4. The summed E-state index contributed by atoms with van der Waals surface area (Å²) in [6.45, 7) is 1.87. The standard InChI is InChI=1S/C52H81N3O16P2/c1-3-5-7-8-9-10-11-12-13-14-15-16-19-22-25-28-32-36-47(57)66-40-44(69-48(58)37-33-29-26-23-20-17-18-21-24-27-31-35-43(56)34-30-6-4-2)41-67-72(62,63)71-73(64,65)68-42-45-49(59)50(60)51(70-45)55-39-38-46(53)54-52(55)61/h9-10,12-13,15-18,23-24,26-27,31,35,38-39,44-45,49-51,59-60H,3-8,11,14,19-22,25,28-30,32-34,36-37,40-42H2,1-2H3,(H,62,63)(H,64,65)(H2,53,54,61)/b10-9-,13-12-,16-15-,18-17-,26-23-,27-24-,35-31+/t44-,45-,49-,50-,51-/m1/s1. The predicted molar refractivity (Wildman–Crippen MR) is 280 cm³/mol. The fourth-order valence-corrected chi connectivity index (χ4v) is 9.02. The average molecular weight is 1070 g/mol. The molecular weight excluding hydrogens is 985 g/mol. The first kappa shape index (κ1) is 64.7. The summed E-state index contributed by atoms with van der Waals surface area (Å²) in [5.74, 6) is -1.31. The molecule has 1 aliphatic heterocycles. The number of aliphatic hydroxyl groups is 2. The zero-order valence-electron chi connectivity index (χ0n) is 42.6. The number of nitrogens with zero attached hydrogens (tertiary/aromatic N) is 2. The van der Waals surface area contributed by atoms with Crippen molar-refractivity contribution in [3.8, 4) is 0 Å². The SMILES string of the molecule is CCCCC/C=C\C/C=C\C/C=C\CCCCCCC(=O)OC[C@H](COP(=O)(O)OP(=O)(O)OC[C@H]1O[C@@H](n2ccc(N)nc2=O)[C@H](O)[C@@H]1O)OC(=O)CCC/C=C\C/C=C\C/C=C\C=C\C(=O)CCCCC. The number of esters is 2. The summed E-state index contributed by atoms with van der Waals surface area (Å²) in [5, 5.41) is 20.9. The molecule has 0 radical (unpaired) electrons. The van der Waals surface area contributed by atoms with Crippen LogP contribution in [0, 0.1) is 0 Å². The maximum atomic E-state index is 12.8. The molecule has 0 saturated carbocycles. The van der Waals surface area contributed by atoms with Crippen LogP contribution in [0.5, 0.6) is 0 Å². The number of ether oxygens (including phenoxy) is 3. The van der Waals surface area contributed by atoms with Crippen LogP contribution in [0.3, 0.4) is 0 Å². The lowest BCUT2D eigenvalue weighted by Gasteiger charge is -2.21. The first-order valence-corrected chi connectivity index (χ1v) is 28.5. The molecule has 0 aliphatic carbocycles. The van der Waals surface area contributed by atoms with Gasteiger partial charge in [0.1, 0.15) is 30.7 Å². The fourth-order valence-electron chi connectivity index (χ4n) is 6.91. The predicted octanol–water partition coefficient (Wildman–Crippen LogP) is 9.84. The van der Waals surface area contributed by atoms with Crippen molar-refractivity contribution in [2.24, 2.45) is 0 Å². The first-order valence-electron chi connectivity index (χ1n) is 25.6. The summed E-state index contributed by atoms with van der Waals surface area (Å²) in [7, 11) is -10.9. The van der Waals surface area contributed by atoms with E-state index in [4.69, 9.17) is 29.0 Å². The van der Waals surface area contributed by atoms with Crippen LogP contribution in [0.4, 0.5) is 5.82 Å². The van der Waals surface area contributed by atoms with Crippen LogP contribution in [0.25, 0.3) is 0 Å². The van der Waals surface area contributed by atoms with Crippen molar-refractivity contribution >= 4 is 39.2 Å². The van der Waals surface area contributed by atoms with E-state index in [-0.39, 0.29) is 24.4 Å². The van der Waals surface area contributed by atoms with E-state index in [1.165, 1.54) is 25.3 Å². The van der Waals surface area contributed by atoms with Gasteiger partial charge in [0.15, 0.2) is 18.1 Å². The van der Waals surface area contributed by atoms with E-state index < -0.39 is 83.7 Å². The smallest absolute Gasteiger partial charge is 0.462 e. The summed E-state index contributed by atoms with van der Waals surface area (Å²) in [6, 6.07) is 1.24. The Balaban J connectivity index is 1.85. The minimum Gasteiger partial charge on any atom is -0.462 e. The molecule has 1 fully saturated rings.